The van der Waals surface area contributed by atoms with E-state index in [0.29, 0.717) is 5.88 Å². The van der Waals surface area contributed by atoms with Gasteiger partial charge in [-0.1, -0.05) is 12.1 Å². The molecule has 2 aromatic rings. The fourth-order valence-corrected chi connectivity index (χ4v) is 1.79. The number of hydrogen-bond acceptors (Lipinski definition) is 5. The second-order valence-corrected chi connectivity index (χ2v) is 4.18. The maximum atomic E-state index is 5.69. The van der Waals surface area contributed by atoms with E-state index in [1.165, 1.54) is 5.56 Å². The Kier molecular flexibility index (Phi) is 4.18. The summed E-state index contributed by atoms with van der Waals surface area (Å²) in [5.41, 5.74) is 7.64. The lowest BCUT2D eigenvalue weighted by Crippen LogP contribution is -2.23. The lowest BCUT2D eigenvalue weighted by molar-refractivity contribution is 0.395. The number of aromatic nitrogens is 2. The summed E-state index contributed by atoms with van der Waals surface area (Å²) in [6, 6.07) is 7.85. The van der Waals surface area contributed by atoms with E-state index in [0.717, 1.165) is 24.6 Å². The SMILES string of the molecule is CCN(Cc1ccc(N)cc1)c1cncc(OC)n1. The predicted molar refractivity (Wildman–Crippen MR) is 76.2 cm³/mol. The van der Waals surface area contributed by atoms with Crippen molar-refractivity contribution in [3.05, 3.63) is 42.2 Å². The molecule has 0 unspecified atom stereocenters. The molecule has 0 amide bonds. The maximum Gasteiger partial charge on any atom is 0.233 e. The van der Waals surface area contributed by atoms with Gasteiger partial charge in [0.2, 0.25) is 5.88 Å². The number of nitrogens with zero attached hydrogens (tertiary/aromatic N) is 3. The van der Waals surface area contributed by atoms with E-state index in [9.17, 15) is 0 Å². The number of anilines is 2. The van der Waals surface area contributed by atoms with E-state index in [1.54, 1.807) is 19.5 Å². The van der Waals surface area contributed by atoms with Crippen LogP contribution in [0, 0.1) is 0 Å². The fourth-order valence-electron chi connectivity index (χ4n) is 1.79. The summed E-state index contributed by atoms with van der Waals surface area (Å²) in [6.45, 7) is 3.68. The van der Waals surface area contributed by atoms with Crippen LogP contribution in [0.4, 0.5) is 11.5 Å². The lowest BCUT2D eigenvalue weighted by atomic mass is 10.2. The Balaban J connectivity index is 2.17. The standard InChI is InChI=1S/C14H18N4O/c1-3-18(10-11-4-6-12(15)7-5-11)13-8-16-9-14(17-13)19-2/h4-9H,3,10,15H2,1-2H3. The highest BCUT2D eigenvalue weighted by molar-refractivity contribution is 5.42. The van der Waals surface area contributed by atoms with Gasteiger partial charge in [-0.3, -0.25) is 4.98 Å². The van der Waals surface area contributed by atoms with Gasteiger partial charge in [0.25, 0.3) is 0 Å². The first kappa shape index (κ1) is 13.1. The van der Waals surface area contributed by atoms with Gasteiger partial charge in [0.1, 0.15) is 0 Å². The van der Waals surface area contributed by atoms with Crippen LogP contribution in [-0.4, -0.2) is 23.6 Å². The molecule has 19 heavy (non-hydrogen) atoms. The van der Waals surface area contributed by atoms with Crippen molar-refractivity contribution >= 4 is 11.5 Å². The molecule has 1 aromatic heterocycles. The molecule has 1 heterocycles. The minimum absolute atomic E-state index is 0.522. The highest BCUT2D eigenvalue weighted by Gasteiger charge is 2.08. The van der Waals surface area contributed by atoms with Crippen LogP contribution in [-0.2, 0) is 6.54 Å². The minimum Gasteiger partial charge on any atom is -0.480 e. The van der Waals surface area contributed by atoms with E-state index in [1.807, 2.05) is 24.3 Å². The van der Waals surface area contributed by atoms with Crippen molar-refractivity contribution in [3.63, 3.8) is 0 Å². The van der Waals surface area contributed by atoms with Gasteiger partial charge in [-0.2, -0.15) is 4.98 Å². The highest BCUT2D eigenvalue weighted by Crippen LogP contribution is 2.17. The largest absolute Gasteiger partial charge is 0.480 e. The Bertz CT molecular complexity index is 527. The summed E-state index contributed by atoms with van der Waals surface area (Å²) in [5, 5.41) is 0. The first-order chi connectivity index (χ1) is 9.22. The second-order valence-electron chi connectivity index (χ2n) is 4.18. The molecule has 0 saturated heterocycles. The van der Waals surface area contributed by atoms with Gasteiger partial charge in [-0.25, -0.2) is 0 Å². The molecular weight excluding hydrogens is 240 g/mol. The Morgan fingerprint density at radius 1 is 1.21 bits per heavy atom. The molecule has 0 saturated carbocycles. The highest BCUT2D eigenvalue weighted by atomic mass is 16.5. The Morgan fingerprint density at radius 2 is 1.95 bits per heavy atom. The van der Waals surface area contributed by atoms with Gasteiger partial charge >= 0.3 is 0 Å². The van der Waals surface area contributed by atoms with Gasteiger partial charge in [0.15, 0.2) is 5.82 Å². The van der Waals surface area contributed by atoms with Crippen molar-refractivity contribution in [2.45, 2.75) is 13.5 Å². The van der Waals surface area contributed by atoms with E-state index in [-0.39, 0.29) is 0 Å². The Labute approximate surface area is 113 Å². The van der Waals surface area contributed by atoms with E-state index < -0.39 is 0 Å². The number of benzene rings is 1. The number of nitrogens with two attached hydrogens (primary N) is 1. The van der Waals surface area contributed by atoms with Crippen LogP contribution < -0.4 is 15.4 Å². The van der Waals surface area contributed by atoms with Gasteiger partial charge in [0, 0.05) is 18.8 Å². The van der Waals surface area contributed by atoms with Crippen molar-refractivity contribution in [2.75, 3.05) is 24.3 Å². The summed E-state index contributed by atoms with van der Waals surface area (Å²) in [4.78, 5) is 10.6. The van der Waals surface area contributed by atoms with Gasteiger partial charge in [-0.05, 0) is 24.6 Å². The van der Waals surface area contributed by atoms with Crippen molar-refractivity contribution in [2.24, 2.45) is 0 Å². The molecule has 0 bridgehead atoms. The summed E-state index contributed by atoms with van der Waals surface area (Å²) in [5.74, 6) is 1.33. The third-order valence-corrected chi connectivity index (χ3v) is 2.87. The minimum atomic E-state index is 0.522. The zero-order chi connectivity index (χ0) is 13.7. The summed E-state index contributed by atoms with van der Waals surface area (Å²) in [6.07, 6.45) is 3.34. The molecule has 0 atom stereocenters. The number of hydrogen-bond donors (Lipinski definition) is 1. The van der Waals surface area contributed by atoms with Gasteiger partial charge < -0.3 is 15.4 Å². The average molecular weight is 258 g/mol. The van der Waals surface area contributed by atoms with Crippen LogP contribution in [0.25, 0.3) is 0 Å². The number of methoxy groups -OCH3 is 1. The van der Waals surface area contributed by atoms with Crippen LogP contribution in [0.2, 0.25) is 0 Å². The monoisotopic (exact) mass is 258 g/mol. The summed E-state index contributed by atoms with van der Waals surface area (Å²) >= 11 is 0. The topological polar surface area (TPSA) is 64.3 Å². The number of rotatable bonds is 5. The van der Waals surface area contributed by atoms with Crippen molar-refractivity contribution < 1.29 is 4.74 Å². The molecule has 1 aromatic carbocycles. The molecule has 100 valence electrons. The van der Waals surface area contributed by atoms with Crippen LogP contribution in [0.5, 0.6) is 5.88 Å². The Hall–Kier alpha value is -2.30. The molecule has 0 aliphatic heterocycles. The van der Waals surface area contributed by atoms with Crippen LogP contribution in [0.3, 0.4) is 0 Å². The van der Waals surface area contributed by atoms with Crippen LogP contribution in [0.15, 0.2) is 36.7 Å². The fraction of sp³-hybridized carbons (Fsp3) is 0.286. The smallest absolute Gasteiger partial charge is 0.233 e. The quantitative estimate of drug-likeness (QED) is 0.832. The van der Waals surface area contributed by atoms with E-state index in [4.69, 9.17) is 10.5 Å². The third kappa shape index (κ3) is 3.34. The Morgan fingerprint density at radius 3 is 2.58 bits per heavy atom. The molecule has 0 spiro atoms. The molecule has 0 aliphatic rings. The van der Waals surface area contributed by atoms with Crippen LogP contribution >= 0.6 is 0 Å². The second kappa shape index (κ2) is 6.04. The van der Waals surface area contributed by atoms with E-state index in [2.05, 4.69) is 21.8 Å². The van der Waals surface area contributed by atoms with E-state index >= 15 is 0 Å². The molecule has 0 aliphatic carbocycles. The third-order valence-electron chi connectivity index (χ3n) is 2.87. The zero-order valence-electron chi connectivity index (χ0n) is 11.2. The molecule has 5 heteroatoms. The van der Waals surface area contributed by atoms with Crippen molar-refractivity contribution in [3.8, 4) is 5.88 Å². The molecule has 2 rings (SSSR count). The van der Waals surface area contributed by atoms with Crippen molar-refractivity contribution in [1.29, 1.82) is 0 Å². The number of ether oxygens (including phenoxy) is 1. The van der Waals surface area contributed by atoms with Gasteiger partial charge in [-0.15, -0.1) is 0 Å². The zero-order valence-corrected chi connectivity index (χ0v) is 11.2. The average Bonchev–Trinajstić information content (AvgIpc) is 2.46. The summed E-state index contributed by atoms with van der Waals surface area (Å²) in [7, 11) is 1.59. The molecule has 5 nitrogen and oxygen atoms in total. The molecular formula is C14H18N4O. The van der Waals surface area contributed by atoms with Gasteiger partial charge in [0.05, 0.1) is 19.5 Å². The van der Waals surface area contributed by atoms with Crippen molar-refractivity contribution in [1.82, 2.24) is 9.97 Å². The lowest BCUT2D eigenvalue weighted by Gasteiger charge is -2.21. The molecule has 2 N–H and O–H groups in total. The molecule has 0 radical (unpaired) electrons. The first-order valence-electron chi connectivity index (χ1n) is 6.18. The predicted octanol–water partition coefficient (Wildman–Crippen LogP) is 2.09. The summed E-state index contributed by atoms with van der Waals surface area (Å²) < 4.78 is 5.10. The first-order valence-corrected chi connectivity index (χ1v) is 6.18. The molecule has 0 fully saturated rings. The number of nitrogen functional groups attached to an aromatic ring is 1. The normalized spacial score (nSPS) is 10.2. The van der Waals surface area contributed by atoms with Crippen LogP contribution in [0.1, 0.15) is 12.5 Å². The maximum absolute atomic E-state index is 5.69.